The molecule has 1 heterocycles. The highest BCUT2D eigenvalue weighted by Gasteiger charge is 2.25. The molecule has 1 N–H and O–H groups in total. The molecule has 102 valence electrons. The van der Waals surface area contributed by atoms with E-state index in [0.717, 1.165) is 39.0 Å². The molecule has 0 saturated carbocycles. The van der Waals surface area contributed by atoms with E-state index in [-0.39, 0.29) is 0 Å². The van der Waals surface area contributed by atoms with Crippen LogP contribution in [-0.4, -0.2) is 23.5 Å². The fourth-order valence-corrected chi connectivity index (χ4v) is 2.53. The Morgan fingerprint density at radius 2 is 1.95 bits per heavy atom. The highest BCUT2D eigenvalue weighted by atomic mass is 15.1. The molecule has 1 aliphatic heterocycles. The van der Waals surface area contributed by atoms with Crippen molar-refractivity contribution in [2.45, 2.75) is 45.3 Å². The fourth-order valence-electron chi connectivity index (χ4n) is 2.53. The van der Waals surface area contributed by atoms with Gasteiger partial charge in [0.2, 0.25) is 0 Å². The number of nitrogens with one attached hydrogen (secondary N) is 1. The first-order valence-electron chi connectivity index (χ1n) is 7.12. The third-order valence-corrected chi connectivity index (χ3v) is 3.85. The third kappa shape index (κ3) is 3.56. The van der Waals surface area contributed by atoms with Gasteiger partial charge in [0.05, 0.1) is 6.07 Å². The maximum Gasteiger partial charge on any atom is 0.105 e. The molecule has 19 heavy (non-hydrogen) atoms. The van der Waals surface area contributed by atoms with E-state index in [4.69, 9.17) is 0 Å². The molecule has 1 atom stereocenters. The highest BCUT2D eigenvalue weighted by molar-refractivity contribution is 5.30. The summed E-state index contributed by atoms with van der Waals surface area (Å²) in [6, 6.07) is 11.0. The summed E-state index contributed by atoms with van der Waals surface area (Å²) in [5.41, 5.74) is 2.47. The summed E-state index contributed by atoms with van der Waals surface area (Å²) in [5, 5.41) is 12.7. The number of nitriles is 1. The topological polar surface area (TPSA) is 39.1 Å². The molecule has 0 saturated heterocycles. The van der Waals surface area contributed by atoms with Crippen LogP contribution in [0.15, 0.2) is 24.3 Å². The molecular formula is C16H23N3. The Labute approximate surface area is 116 Å². The second-order valence-electron chi connectivity index (χ2n) is 5.60. The zero-order valence-corrected chi connectivity index (χ0v) is 11.9. The Balaban J connectivity index is 1.86. The van der Waals surface area contributed by atoms with Crippen molar-refractivity contribution in [1.29, 1.82) is 5.26 Å². The monoisotopic (exact) mass is 257 g/mol. The van der Waals surface area contributed by atoms with Gasteiger partial charge in [-0.3, -0.25) is 10.2 Å². The smallest absolute Gasteiger partial charge is 0.105 e. The van der Waals surface area contributed by atoms with Gasteiger partial charge in [-0.2, -0.15) is 5.26 Å². The van der Waals surface area contributed by atoms with Crippen LogP contribution in [-0.2, 0) is 13.1 Å². The van der Waals surface area contributed by atoms with Gasteiger partial charge in [0.15, 0.2) is 0 Å². The maximum absolute atomic E-state index is 9.33. The predicted octanol–water partition coefficient (Wildman–Crippen LogP) is 2.67. The second kappa shape index (κ2) is 6.18. The van der Waals surface area contributed by atoms with Gasteiger partial charge >= 0.3 is 0 Å². The summed E-state index contributed by atoms with van der Waals surface area (Å²) in [5.74, 6) is 0. The van der Waals surface area contributed by atoms with Crippen LogP contribution >= 0.6 is 0 Å². The molecule has 0 amide bonds. The average molecular weight is 257 g/mol. The van der Waals surface area contributed by atoms with Crippen molar-refractivity contribution in [3.05, 3.63) is 35.4 Å². The number of nitrogens with zero attached hydrogens (tertiary/aromatic N) is 2. The van der Waals surface area contributed by atoms with Gasteiger partial charge in [-0.1, -0.05) is 31.2 Å². The fraction of sp³-hybridized carbons (Fsp3) is 0.562. The predicted molar refractivity (Wildman–Crippen MR) is 77.5 cm³/mol. The molecule has 0 fully saturated rings. The number of benzene rings is 1. The van der Waals surface area contributed by atoms with Gasteiger partial charge in [0.1, 0.15) is 5.54 Å². The lowest BCUT2D eigenvalue weighted by atomic mass is 9.99. The summed E-state index contributed by atoms with van der Waals surface area (Å²) in [6.07, 6.45) is 1.93. The van der Waals surface area contributed by atoms with Gasteiger partial charge < -0.3 is 0 Å². The van der Waals surface area contributed by atoms with E-state index >= 15 is 0 Å². The molecule has 0 aliphatic carbocycles. The normalized spacial score (nSPS) is 17.7. The van der Waals surface area contributed by atoms with Crippen molar-refractivity contribution in [3.63, 3.8) is 0 Å². The third-order valence-electron chi connectivity index (χ3n) is 3.85. The number of hydrogen-bond donors (Lipinski definition) is 1. The molecule has 0 aromatic heterocycles. The molecule has 0 radical (unpaired) electrons. The van der Waals surface area contributed by atoms with E-state index < -0.39 is 5.54 Å². The van der Waals surface area contributed by atoms with Crippen molar-refractivity contribution < 1.29 is 0 Å². The Hall–Kier alpha value is -1.37. The Bertz CT molecular complexity index is 438. The summed E-state index contributed by atoms with van der Waals surface area (Å²) in [6.45, 7) is 8.05. The zero-order valence-electron chi connectivity index (χ0n) is 11.9. The Morgan fingerprint density at radius 3 is 2.47 bits per heavy atom. The van der Waals surface area contributed by atoms with E-state index in [1.165, 1.54) is 11.1 Å². The van der Waals surface area contributed by atoms with Crippen molar-refractivity contribution in [2.75, 3.05) is 13.1 Å². The van der Waals surface area contributed by atoms with Crippen molar-refractivity contribution in [1.82, 2.24) is 10.2 Å². The minimum absolute atomic E-state index is 0.398. The average Bonchev–Trinajstić information content (AvgIpc) is 2.86. The van der Waals surface area contributed by atoms with Crippen LogP contribution in [0.2, 0.25) is 0 Å². The van der Waals surface area contributed by atoms with Gasteiger partial charge in [-0.15, -0.1) is 0 Å². The van der Waals surface area contributed by atoms with Crippen molar-refractivity contribution in [3.8, 4) is 6.07 Å². The zero-order chi connectivity index (χ0) is 13.7. The van der Waals surface area contributed by atoms with Crippen molar-refractivity contribution in [2.24, 2.45) is 0 Å². The Morgan fingerprint density at radius 1 is 1.32 bits per heavy atom. The van der Waals surface area contributed by atoms with Gasteiger partial charge in [-0.05, 0) is 37.4 Å². The largest absolute Gasteiger partial charge is 0.300 e. The minimum Gasteiger partial charge on any atom is -0.300 e. The number of rotatable bonds is 6. The van der Waals surface area contributed by atoms with Crippen molar-refractivity contribution >= 4 is 0 Å². The lowest BCUT2D eigenvalue weighted by Crippen LogP contribution is -2.43. The Kier molecular flexibility index (Phi) is 4.57. The van der Waals surface area contributed by atoms with E-state index in [9.17, 15) is 5.26 Å². The number of fused-ring (bicyclic) bond motifs is 1. The van der Waals surface area contributed by atoms with Crippen LogP contribution in [0, 0.1) is 11.3 Å². The quantitative estimate of drug-likeness (QED) is 0.851. The van der Waals surface area contributed by atoms with E-state index in [1.54, 1.807) is 0 Å². The standard InChI is InChI=1S/C16H23N3/c1-3-9-18-16(2,13-17)8-10-19-11-14-6-4-5-7-15(14)12-19/h4-7,18H,3,8-12H2,1-2H3. The lowest BCUT2D eigenvalue weighted by molar-refractivity contribution is 0.250. The van der Waals surface area contributed by atoms with Crippen LogP contribution in [0.25, 0.3) is 0 Å². The summed E-state index contributed by atoms with van der Waals surface area (Å²) in [4.78, 5) is 2.42. The molecule has 3 nitrogen and oxygen atoms in total. The van der Waals surface area contributed by atoms with Crippen LogP contribution in [0.5, 0.6) is 0 Å². The summed E-state index contributed by atoms with van der Waals surface area (Å²) >= 11 is 0. The first kappa shape index (κ1) is 14.0. The van der Waals surface area contributed by atoms with Gasteiger partial charge in [0.25, 0.3) is 0 Å². The molecule has 1 aromatic carbocycles. The highest BCUT2D eigenvalue weighted by Crippen LogP contribution is 2.23. The van der Waals surface area contributed by atoms with Crippen LogP contribution in [0.1, 0.15) is 37.8 Å². The van der Waals surface area contributed by atoms with Crippen LogP contribution in [0.3, 0.4) is 0 Å². The van der Waals surface area contributed by atoms with Crippen LogP contribution < -0.4 is 5.32 Å². The molecular weight excluding hydrogens is 234 g/mol. The minimum atomic E-state index is -0.398. The van der Waals surface area contributed by atoms with Gasteiger partial charge in [0, 0.05) is 19.6 Å². The second-order valence-corrected chi connectivity index (χ2v) is 5.60. The summed E-state index contributed by atoms with van der Waals surface area (Å²) < 4.78 is 0. The van der Waals surface area contributed by atoms with E-state index in [2.05, 4.69) is 47.5 Å². The first-order valence-corrected chi connectivity index (χ1v) is 7.12. The molecule has 2 rings (SSSR count). The molecule has 3 heteroatoms. The lowest BCUT2D eigenvalue weighted by Gasteiger charge is -2.26. The summed E-state index contributed by atoms with van der Waals surface area (Å²) in [7, 11) is 0. The van der Waals surface area contributed by atoms with E-state index in [1.807, 2.05) is 6.92 Å². The maximum atomic E-state index is 9.33. The van der Waals surface area contributed by atoms with Gasteiger partial charge in [-0.25, -0.2) is 0 Å². The molecule has 1 unspecified atom stereocenters. The molecule has 1 aliphatic rings. The molecule has 0 bridgehead atoms. The number of hydrogen-bond acceptors (Lipinski definition) is 3. The first-order chi connectivity index (χ1) is 9.17. The SMILES string of the molecule is CCCNC(C)(C#N)CCN1Cc2ccccc2C1. The molecule has 0 spiro atoms. The molecule has 1 aromatic rings. The van der Waals surface area contributed by atoms with Crippen LogP contribution in [0.4, 0.5) is 0 Å². The van der Waals surface area contributed by atoms with E-state index in [0.29, 0.717) is 0 Å².